The van der Waals surface area contributed by atoms with Gasteiger partial charge in [-0.3, -0.25) is 19.2 Å². The average molecular weight is 1030 g/mol. The van der Waals surface area contributed by atoms with E-state index in [1.165, 1.54) is 25.7 Å². The summed E-state index contributed by atoms with van der Waals surface area (Å²) < 4.78 is 34.7. The predicted molar refractivity (Wildman–Crippen MR) is 275 cm³/mol. The summed E-state index contributed by atoms with van der Waals surface area (Å²) in [6.45, 7) is 19.3. The van der Waals surface area contributed by atoms with E-state index < -0.39 is 11.2 Å². The van der Waals surface area contributed by atoms with E-state index in [0.29, 0.717) is 78.0 Å². The van der Waals surface area contributed by atoms with Crippen LogP contribution in [0.25, 0.3) is 0 Å². The van der Waals surface area contributed by atoms with Gasteiger partial charge in [0.15, 0.2) is 0 Å². The highest BCUT2D eigenvalue weighted by Crippen LogP contribution is 2.43. The molecule has 0 spiro atoms. The van der Waals surface area contributed by atoms with E-state index in [-0.39, 0.29) is 61.0 Å². The summed E-state index contributed by atoms with van der Waals surface area (Å²) in [5, 5.41) is 0. The predicted octanol–water partition coefficient (Wildman–Crippen LogP) is 10.4. The molecule has 2 heterocycles. The molecule has 2 saturated carbocycles. The molecule has 2 aromatic rings. The average Bonchev–Trinajstić information content (AvgIpc) is 3.33. The SMILES string of the molecule is CCOCC1(C)Oc2cc(Br)c(C(=O)N(C(C)C)C3CCCCC3)cc2N(CCCCOC)C1=O.CCOCC1(C)Oc2ccc(C(=O)N(C(C)C)C3CCCCC3)cc2N(CCCCOC)C1=O. The fraction of sp³-hybridized carbons (Fsp3) is 0.704. The van der Waals surface area contributed by atoms with E-state index in [9.17, 15) is 19.2 Å². The second kappa shape index (κ2) is 26.6. The third-order valence-electron chi connectivity index (χ3n) is 13.8. The minimum Gasteiger partial charge on any atom is -0.473 e. The van der Waals surface area contributed by atoms with Crippen molar-refractivity contribution in [3.63, 3.8) is 0 Å². The third kappa shape index (κ3) is 14.0. The maximum Gasteiger partial charge on any atom is 0.273 e. The van der Waals surface area contributed by atoms with E-state index in [2.05, 4.69) is 43.6 Å². The molecular weight excluding hydrogens is 945 g/mol. The molecule has 386 valence electrons. The number of rotatable bonds is 22. The van der Waals surface area contributed by atoms with Crippen molar-refractivity contribution in [2.45, 2.75) is 181 Å². The molecule has 6 rings (SSSR count). The molecule has 2 aromatic carbocycles. The van der Waals surface area contributed by atoms with Crippen LogP contribution in [0.4, 0.5) is 11.4 Å². The summed E-state index contributed by atoms with van der Waals surface area (Å²) in [6, 6.07) is 9.89. The number of halogens is 1. The molecule has 2 fully saturated rings. The van der Waals surface area contributed by atoms with Crippen molar-refractivity contribution in [1.29, 1.82) is 0 Å². The standard InChI is InChI=1S/C27H41BrN2O5.C27H42N2O5/c1-6-34-18-27(4)26(32)29(14-10-11-15-33-5)23-16-21(22(28)17-24(23)35-27)25(31)30(19(2)3)20-12-8-7-9-13-20;1-6-33-19-27(4)26(31)28(16-10-11-17-32-5)23-18-21(14-15-24(23)34-27)25(30)29(20(2)3)22-12-8-7-9-13-22/h16-17,19-20H,6-15,18H2,1-5H3;14-15,18,20,22H,6-13,16-17,19H2,1-5H3. The van der Waals surface area contributed by atoms with E-state index in [4.69, 9.17) is 28.4 Å². The van der Waals surface area contributed by atoms with Crippen molar-refractivity contribution < 1.29 is 47.6 Å². The van der Waals surface area contributed by atoms with E-state index in [1.807, 2.05) is 54.0 Å². The number of benzene rings is 2. The molecule has 4 amide bonds. The van der Waals surface area contributed by atoms with Gasteiger partial charge in [-0.15, -0.1) is 0 Å². The molecule has 2 unspecified atom stereocenters. The van der Waals surface area contributed by atoms with Crippen molar-refractivity contribution in [3.05, 3.63) is 45.9 Å². The molecule has 4 aliphatic rings. The maximum absolute atomic E-state index is 13.9. The maximum atomic E-state index is 13.9. The Hall–Kier alpha value is -3.76. The van der Waals surface area contributed by atoms with Gasteiger partial charge in [0, 0.05) is 87.9 Å². The summed E-state index contributed by atoms with van der Waals surface area (Å²) >= 11 is 3.64. The van der Waals surface area contributed by atoms with E-state index in [1.54, 1.807) is 37.9 Å². The van der Waals surface area contributed by atoms with Gasteiger partial charge in [0.05, 0.1) is 30.2 Å². The van der Waals surface area contributed by atoms with Gasteiger partial charge >= 0.3 is 0 Å². The van der Waals surface area contributed by atoms with Crippen molar-refractivity contribution >= 4 is 50.9 Å². The van der Waals surface area contributed by atoms with Crippen molar-refractivity contribution in [2.24, 2.45) is 0 Å². The molecule has 15 heteroatoms. The lowest BCUT2D eigenvalue weighted by Gasteiger charge is -2.41. The first kappa shape index (κ1) is 56.2. The number of amides is 4. The van der Waals surface area contributed by atoms with Crippen LogP contribution in [0.3, 0.4) is 0 Å². The van der Waals surface area contributed by atoms with E-state index in [0.717, 1.165) is 64.2 Å². The summed E-state index contributed by atoms with van der Waals surface area (Å²) in [4.78, 5) is 62.3. The number of hydrogen-bond acceptors (Lipinski definition) is 10. The number of fused-ring (bicyclic) bond motifs is 2. The van der Waals surface area contributed by atoms with Crippen LogP contribution in [-0.2, 0) is 28.5 Å². The molecule has 0 radical (unpaired) electrons. The minimum absolute atomic E-state index is 0.00370. The Labute approximate surface area is 421 Å². The zero-order valence-corrected chi connectivity index (χ0v) is 45.1. The first-order valence-corrected chi connectivity index (χ1v) is 26.6. The molecule has 69 heavy (non-hydrogen) atoms. The second-order valence-corrected chi connectivity index (χ2v) is 20.8. The second-order valence-electron chi connectivity index (χ2n) is 19.9. The van der Waals surface area contributed by atoms with Gasteiger partial charge in [0.25, 0.3) is 23.6 Å². The highest BCUT2D eigenvalue weighted by Gasteiger charge is 2.47. The Morgan fingerprint density at radius 2 is 1.12 bits per heavy atom. The van der Waals surface area contributed by atoms with Gasteiger partial charge in [0.1, 0.15) is 11.5 Å². The summed E-state index contributed by atoms with van der Waals surface area (Å²) in [7, 11) is 3.36. The summed E-state index contributed by atoms with van der Waals surface area (Å²) in [5.41, 5.74) is 0.248. The van der Waals surface area contributed by atoms with Crippen LogP contribution in [0.5, 0.6) is 11.5 Å². The monoisotopic (exact) mass is 1030 g/mol. The van der Waals surface area contributed by atoms with Crippen molar-refractivity contribution in [3.8, 4) is 11.5 Å². The normalized spacial score (nSPS) is 20.8. The Bertz CT molecular complexity index is 2000. The lowest BCUT2D eigenvalue weighted by Crippen LogP contribution is -2.57. The van der Waals surface area contributed by atoms with Gasteiger partial charge in [-0.05, 0) is 153 Å². The summed E-state index contributed by atoms with van der Waals surface area (Å²) in [6.07, 6.45) is 14.6. The first-order valence-electron chi connectivity index (χ1n) is 25.8. The molecule has 0 saturated heterocycles. The largest absolute Gasteiger partial charge is 0.473 e. The topological polar surface area (TPSA) is 137 Å². The Kier molecular flexibility index (Phi) is 21.7. The number of ether oxygens (including phenoxy) is 6. The molecule has 2 atom stereocenters. The molecule has 0 aromatic heterocycles. The van der Waals surface area contributed by atoms with E-state index >= 15 is 0 Å². The number of anilines is 2. The number of hydrogen-bond donors (Lipinski definition) is 0. The zero-order chi connectivity index (χ0) is 50.3. The van der Waals surface area contributed by atoms with Gasteiger partial charge in [-0.2, -0.15) is 0 Å². The fourth-order valence-electron chi connectivity index (χ4n) is 10.2. The summed E-state index contributed by atoms with van der Waals surface area (Å²) in [5.74, 6) is 0.928. The van der Waals surface area contributed by atoms with Gasteiger partial charge in [0.2, 0.25) is 11.2 Å². The van der Waals surface area contributed by atoms with Gasteiger partial charge < -0.3 is 48.0 Å². The number of unbranched alkanes of at least 4 members (excludes halogenated alkanes) is 2. The molecule has 2 aliphatic heterocycles. The minimum atomic E-state index is -1.12. The van der Waals surface area contributed by atoms with Crippen LogP contribution >= 0.6 is 15.9 Å². The smallest absolute Gasteiger partial charge is 0.273 e. The van der Waals surface area contributed by atoms with Crippen LogP contribution in [0.1, 0.15) is 166 Å². The van der Waals surface area contributed by atoms with Crippen LogP contribution in [-0.4, -0.2) is 136 Å². The van der Waals surface area contributed by atoms with Crippen LogP contribution in [0.2, 0.25) is 0 Å². The van der Waals surface area contributed by atoms with Crippen LogP contribution in [0, 0.1) is 0 Å². The molecular formula is C54H83BrN4O10. The zero-order valence-electron chi connectivity index (χ0n) is 43.5. The fourth-order valence-corrected chi connectivity index (χ4v) is 10.7. The highest BCUT2D eigenvalue weighted by molar-refractivity contribution is 9.10. The van der Waals surface area contributed by atoms with Crippen LogP contribution in [0.15, 0.2) is 34.8 Å². The lowest BCUT2D eigenvalue weighted by atomic mass is 9.92. The quantitative estimate of drug-likeness (QED) is 0.105. The molecule has 14 nitrogen and oxygen atoms in total. The number of methoxy groups -OCH3 is 2. The van der Waals surface area contributed by atoms with Gasteiger partial charge in [-0.25, -0.2) is 0 Å². The van der Waals surface area contributed by atoms with Crippen molar-refractivity contribution in [2.75, 3.05) is 76.8 Å². The Morgan fingerprint density at radius 1 is 0.667 bits per heavy atom. The Morgan fingerprint density at radius 3 is 1.57 bits per heavy atom. The lowest BCUT2D eigenvalue weighted by molar-refractivity contribution is -0.140. The number of nitrogens with zero attached hydrogens (tertiary/aromatic N) is 4. The number of carbonyl (C=O) groups excluding carboxylic acids is 4. The molecule has 0 bridgehead atoms. The van der Waals surface area contributed by atoms with Gasteiger partial charge in [-0.1, -0.05) is 38.5 Å². The Balaban J connectivity index is 0.000000258. The van der Waals surface area contributed by atoms with Crippen molar-refractivity contribution in [1.82, 2.24) is 9.80 Å². The van der Waals surface area contributed by atoms with Crippen LogP contribution < -0.4 is 19.3 Å². The molecule has 0 N–H and O–H groups in total. The number of carbonyl (C=O) groups is 4. The molecule has 2 aliphatic carbocycles. The first-order chi connectivity index (χ1) is 33.0. The highest BCUT2D eigenvalue weighted by atomic mass is 79.9. The third-order valence-corrected chi connectivity index (χ3v) is 14.4.